The second kappa shape index (κ2) is 2.38. The van der Waals surface area contributed by atoms with Gasteiger partial charge >= 0.3 is 5.97 Å². The van der Waals surface area contributed by atoms with Crippen molar-refractivity contribution in [2.45, 2.75) is 0 Å². The van der Waals surface area contributed by atoms with Crippen molar-refractivity contribution in [2.75, 3.05) is 0 Å². The van der Waals surface area contributed by atoms with Gasteiger partial charge in [0.25, 0.3) is 0 Å². The Morgan fingerprint density at radius 1 is 1.58 bits per heavy atom. The molecule has 0 bridgehead atoms. The molecule has 4 nitrogen and oxygen atoms in total. The fourth-order valence-electron chi connectivity index (χ4n) is 1.01. The molecule has 0 amide bonds. The largest absolute Gasteiger partial charge is 0.477 e. The lowest BCUT2D eigenvalue weighted by Crippen LogP contribution is -1.94. The van der Waals surface area contributed by atoms with Crippen LogP contribution in [0.2, 0.25) is 0 Å². The van der Waals surface area contributed by atoms with Crippen LogP contribution in [0.5, 0.6) is 0 Å². The minimum absolute atomic E-state index is 0.135. The summed E-state index contributed by atoms with van der Waals surface area (Å²) in [6.07, 6.45) is 0. The van der Waals surface area contributed by atoms with E-state index < -0.39 is 5.97 Å². The quantitative estimate of drug-likeness (QED) is 0.789. The lowest BCUT2D eigenvalue weighted by atomic mass is 10.4. The van der Waals surface area contributed by atoms with Crippen molar-refractivity contribution in [3.8, 4) is 0 Å². The summed E-state index contributed by atoms with van der Waals surface area (Å²) in [4.78, 5) is 13.2. The first kappa shape index (κ1) is 7.42. The molecule has 0 aliphatic carbocycles. The van der Waals surface area contributed by atoms with E-state index in [0.717, 1.165) is 0 Å². The lowest BCUT2D eigenvalue weighted by Gasteiger charge is -1.83. The van der Waals surface area contributed by atoms with E-state index in [1.54, 1.807) is 6.07 Å². The number of rotatable bonds is 1. The molecule has 2 aromatic rings. The number of H-pyrrole nitrogens is 1. The second-order valence-corrected chi connectivity index (χ2v) is 3.10. The summed E-state index contributed by atoms with van der Waals surface area (Å²) >= 11 is 3.13. The van der Waals surface area contributed by atoms with Crippen LogP contribution >= 0.6 is 15.9 Å². The normalized spacial score (nSPS) is 10.8. The molecule has 0 fully saturated rings. The maximum atomic E-state index is 10.5. The van der Waals surface area contributed by atoms with Crippen molar-refractivity contribution >= 4 is 33.0 Å². The molecule has 2 aromatic heterocycles. The smallest absolute Gasteiger partial charge is 0.352 e. The van der Waals surface area contributed by atoms with Crippen LogP contribution in [0.25, 0.3) is 11.1 Å². The molecule has 0 aliphatic rings. The summed E-state index contributed by atoms with van der Waals surface area (Å²) in [5.74, 6) is -0.988. The van der Waals surface area contributed by atoms with Gasteiger partial charge in [0.15, 0.2) is 10.3 Å². The van der Waals surface area contributed by atoms with Crippen molar-refractivity contribution in [2.24, 2.45) is 0 Å². The molecular formula is C7H4BrNO3. The number of carboxylic acids is 1. The van der Waals surface area contributed by atoms with Crippen LogP contribution in [0, 0.1) is 0 Å². The number of hydrogen-bond donors (Lipinski definition) is 2. The van der Waals surface area contributed by atoms with E-state index in [4.69, 9.17) is 9.52 Å². The first-order chi connectivity index (χ1) is 5.66. The van der Waals surface area contributed by atoms with Crippen molar-refractivity contribution in [1.29, 1.82) is 0 Å². The Morgan fingerprint density at radius 2 is 2.33 bits per heavy atom. The average molecular weight is 230 g/mol. The van der Waals surface area contributed by atoms with E-state index in [0.29, 0.717) is 15.8 Å². The summed E-state index contributed by atoms with van der Waals surface area (Å²) in [6, 6.07) is 3.13. The zero-order chi connectivity index (χ0) is 8.72. The van der Waals surface area contributed by atoms with Crippen molar-refractivity contribution < 1.29 is 14.3 Å². The van der Waals surface area contributed by atoms with Crippen molar-refractivity contribution in [3.05, 3.63) is 22.5 Å². The van der Waals surface area contributed by atoms with Crippen LogP contribution < -0.4 is 0 Å². The molecule has 0 aromatic carbocycles. The standard InChI is InChI=1S/C7H4BrNO3/c8-6-2-3-5(12-6)1-4(9-3)7(10)11/h1-2,9H,(H,10,11). The van der Waals surface area contributed by atoms with Crippen LogP contribution in [0.4, 0.5) is 0 Å². The molecule has 5 heteroatoms. The first-order valence-corrected chi connectivity index (χ1v) is 3.97. The number of aromatic amines is 1. The molecular weight excluding hydrogens is 226 g/mol. The fourth-order valence-corrected chi connectivity index (χ4v) is 1.41. The summed E-state index contributed by atoms with van der Waals surface area (Å²) < 4.78 is 5.70. The highest BCUT2D eigenvalue weighted by atomic mass is 79.9. The topological polar surface area (TPSA) is 66.2 Å². The molecule has 2 heterocycles. The molecule has 2 rings (SSSR count). The third kappa shape index (κ3) is 1.02. The summed E-state index contributed by atoms with van der Waals surface area (Å²) in [7, 11) is 0. The highest BCUT2D eigenvalue weighted by Crippen LogP contribution is 2.23. The highest BCUT2D eigenvalue weighted by Gasteiger charge is 2.10. The van der Waals surface area contributed by atoms with E-state index in [1.807, 2.05) is 0 Å². The Bertz CT molecular complexity index is 411. The van der Waals surface area contributed by atoms with E-state index in [9.17, 15) is 4.79 Å². The first-order valence-electron chi connectivity index (χ1n) is 3.18. The maximum Gasteiger partial charge on any atom is 0.352 e. The average Bonchev–Trinajstić information content (AvgIpc) is 2.42. The Morgan fingerprint density at radius 3 is 2.92 bits per heavy atom. The van der Waals surface area contributed by atoms with Gasteiger partial charge in [0, 0.05) is 12.1 Å². The predicted octanol–water partition coefficient (Wildman–Crippen LogP) is 2.22. The Hall–Kier alpha value is -1.23. The van der Waals surface area contributed by atoms with Gasteiger partial charge in [-0.3, -0.25) is 0 Å². The monoisotopic (exact) mass is 229 g/mol. The fraction of sp³-hybridized carbons (Fsp3) is 0. The Labute approximate surface area is 75.3 Å². The van der Waals surface area contributed by atoms with Crippen molar-refractivity contribution in [3.63, 3.8) is 0 Å². The van der Waals surface area contributed by atoms with E-state index >= 15 is 0 Å². The minimum Gasteiger partial charge on any atom is -0.477 e. The van der Waals surface area contributed by atoms with Gasteiger partial charge in [-0.25, -0.2) is 4.79 Å². The Balaban J connectivity index is 2.64. The molecule has 2 N–H and O–H groups in total. The van der Waals surface area contributed by atoms with Crippen LogP contribution in [-0.2, 0) is 0 Å². The van der Waals surface area contributed by atoms with E-state index in [2.05, 4.69) is 20.9 Å². The zero-order valence-electron chi connectivity index (χ0n) is 5.80. The van der Waals surface area contributed by atoms with Crippen molar-refractivity contribution in [1.82, 2.24) is 4.98 Å². The zero-order valence-corrected chi connectivity index (χ0v) is 7.38. The molecule has 0 radical (unpaired) electrons. The molecule has 0 saturated heterocycles. The number of fused-ring (bicyclic) bond motifs is 1. The van der Waals surface area contributed by atoms with Gasteiger partial charge in [-0.15, -0.1) is 0 Å². The summed E-state index contributed by atoms with van der Waals surface area (Å²) in [5.41, 5.74) is 1.36. The molecule has 12 heavy (non-hydrogen) atoms. The number of carboxylic acid groups (broad SMARTS) is 1. The van der Waals surface area contributed by atoms with Gasteiger partial charge in [0.2, 0.25) is 0 Å². The lowest BCUT2D eigenvalue weighted by molar-refractivity contribution is 0.0691. The van der Waals surface area contributed by atoms with Gasteiger partial charge in [-0.1, -0.05) is 0 Å². The van der Waals surface area contributed by atoms with Crippen LogP contribution in [0.15, 0.2) is 21.2 Å². The van der Waals surface area contributed by atoms with Crippen LogP contribution in [-0.4, -0.2) is 16.1 Å². The van der Waals surface area contributed by atoms with Gasteiger partial charge in [0.1, 0.15) is 5.69 Å². The maximum absolute atomic E-state index is 10.5. The number of aromatic nitrogens is 1. The third-order valence-electron chi connectivity index (χ3n) is 1.51. The molecule has 62 valence electrons. The third-order valence-corrected chi connectivity index (χ3v) is 1.90. The van der Waals surface area contributed by atoms with Gasteiger partial charge < -0.3 is 14.5 Å². The van der Waals surface area contributed by atoms with Crippen LogP contribution in [0.3, 0.4) is 0 Å². The molecule has 0 saturated carbocycles. The molecule has 0 aliphatic heterocycles. The van der Waals surface area contributed by atoms with Gasteiger partial charge in [0.05, 0.1) is 5.52 Å². The summed E-state index contributed by atoms with van der Waals surface area (Å²) in [5, 5.41) is 8.59. The highest BCUT2D eigenvalue weighted by molar-refractivity contribution is 9.10. The van der Waals surface area contributed by atoms with Gasteiger partial charge in [-0.05, 0) is 15.9 Å². The van der Waals surface area contributed by atoms with Crippen LogP contribution in [0.1, 0.15) is 10.5 Å². The van der Waals surface area contributed by atoms with E-state index in [-0.39, 0.29) is 5.69 Å². The number of aromatic carboxylic acids is 1. The number of halogens is 1. The molecule has 0 atom stereocenters. The minimum atomic E-state index is -0.988. The number of nitrogens with one attached hydrogen (secondary N) is 1. The SMILES string of the molecule is O=C(O)c1cc2oc(Br)cc2[nH]1. The number of hydrogen-bond acceptors (Lipinski definition) is 2. The number of carbonyl (C=O) groups is 1. The number of furan rings is 1. The van der Waals surface area contributed by atoms with Gasteiger partial charge in [-0.2, -0.15) is 0 Å². The predicted molar refractivity (Wildman–Crippen MR) is 45.2 cm³/mol. The second-order valence-electron chi connectivity index (χ2n) is 2.32. The molecule has 0 spiro atoms. The molecule has 0 unspecified atom stereocenters. The Kier molecular flexibility index (Phi) is 1.47. The van der Waals surface area contributed by atoms with E-state index in [1.165, 1.54) is 6.07 Å². The summed E-state index contributed by atoms with van der Waals surface area (Å²) in [6.45, 7) is 0.